The van der Waals surface area contributed by atoms with Crippen molar-refractivity contribution >= 4 is 38.2 Å². The fraction of sp³-hybridized carbons (Fsp3) is 0.280. The number of anilines is 3. The molecule has 0 radical (unpaired) electrons. The third-order valence-electron chi connectivity index (χ3n) is 6.26. The minimum atomic E-state index is -3.72. The van der Waals surface area contributed by atoms with Crippen LogP contribution in [-0.4, -0.2) is 60.4 Å². The predicted octanol–water partition coefficient (Wildman–Crippen LogP) is 2.71. The van der Waals surface area contributed by atoms with Crippen molar-refractivity contribution in [3.05, 3.63) is 64.6 Å². The summed E-state index contributed by atoms with van der Waals surface area (Å²) in [4.78, 5) is 27.9. The van der Waals surface area contributed by atoms with E-state index in [9.17, 15) is 22.0 Å². The van der Waals surface area contributed by atoms with Crippen LogP contribution in [0.15, 0.2) is 52.4 Å². The third kappa shape index (κ3) is 4.94. The van der Waals surface area contributed by atoms with E-state index in [0.717, 1.165) is 31.5 Å². The maximum atomic E-state index is 14.8. The lowest BCUT2D eigenvalue weighted by molar-refractivity contribution is 0.566. The molecule has 5 rings (SSSR count). The first-order chi connectivity index (χ1) is 18.2. The molecule has 0 saturated carbocycles. The molecule has 4 aromatic rings. The standard InChI is InChI=1S/C25H25F2N7O3S/c1-3-34-23-15(12-17(24(34)35)22-18(26)5-7-21(31-22)38(2,36)37)14-29-25(32-23)30-16-4-6-20(19(27)13-16)33-10-8-28-9-11-33/h4-7,12-14,28H,3,8-11H2,1-2H3,(H,29,30,32). The summed E-state index contributed by atoms with van der Waals surface area (Å²) in [6.07, 6.45) is 2.40. The number of halogens is 2. The Morgan fingerprint density at radius 1 is 1.05 bits per heavy atom. The average Bonchev–Trinajstić information content (AvgIpc) is 2.89. The van der Waals surface area contributed by atoms with Gasteiger partial charge in [-0.25, -0.2) is 27.2 Å². The first-order valence-electron chi connectivity index (χ1n) is 12.0. The second-order valence-corrected chi connectivity index (χ2v) is 10.8. The SMILES string of the molecule is CCn1c(=O)c(-c2nc(S(C)(=O)=O)ccc2F)cc2cnc(Nc3ccc(N4CCNCC4)c(F)c3)nc21. The summed E-state index contributed by atoms with van der Waals surface area (Å²) in [6, 6.07) is 8.19. The minimum Gasteiger partial charge on any atom is -0.367 e. The number of nitrogens with one attached hydrogen (secondary N) is 2. The van der Waals surface area contributed by atoms with Crippen LogP contribution in [0.2, 0.25) is 0 Å². The van der Waals surface area contributed by atoms with Gasteiger partial charge in [0.1, 0.15) is 23.0 Å². The van der Waals surface area contributed by atoms with Crippen LogP contribution in [0.3, 0.4) is 0 Å². The second kappa shape index (κ2) is 10.1. The first-order valence-corrected chi connectivity index (χ1v) is 13.8. The summed E-state index contributed by atoms with van der Waals surface area (Å²) in [6.45, 7) is 4.92. The molecular formula is C25H25F2N7O3S. The summed E-state index contributed by atoms with van der Waals surface area (Å²) >= 11 is 0. The normalized spacial score (nSPS) is 14.2. The summed E-state index contributed by atoms with van der Waals surface area (Å²) in [5.41, 5.74) is 0.155. The molecule has 3 aromatic heterocycles. The van der Waals surface area contributed by atoms with Crippen molar-refractivity contribution in [2.75, 3.05) is 42.7 Å². The van der Waals surface area contributed by atoms with E-state index in [1.54, 1.807) is 19.1 Å². The highest BCUT2D eigenvalue weighted by molar-refractivity contribution is 7.90. The van der Waals surface area contributed by atoms with Crippen LogP contribution in [0.25, 0.3) is 22.3 Å². The van der Waals surface area contributed by atoms with Gasteiger partial charge in [0.05, 0.1) is 11.3 Å². The molecule has 4 heterocycles. The van der Waals surface area contributed by atoms with Crippen LogP contribution < -0.4 is 21.1 Å². The Bertz CT molecular complexity index is 1700. The van der Waals surface area contributed by atoms with Gasteiger partial charge < -0.3 is 15.5 Å². The molecule has 38 heavy (non-hydrogen) atoms. The van der Waals surface area contributed by atoms with Gasteiger partial charge in [0.15, 0.2) is 14.9 Å². The van der Waals surface area contributed by atoms with Crippen LogP contribution in [0.5, 0.6) is 0 Å². The van der Waals surface area contributed by atoms with Crippen molar-refractivity contribution in [1.29, 1.82) is 0 Å². The number of benzene rings is 1. The van der Waals surface area contributed by atoms with E-state index < -0.39 is 21.2 Å². The number of rotatable bonds is 6. The highest BCUT2D eigenvalue weighted by Gasteiger charge is 2.20. The first kappa shape index (κ1) is 25.7. The Morgan fingerprint density at radius 3 is 2.50 bits per heavy atom. The fourth-order valence-corrected chi connectivity index (χ4v) is 4.95. The molecule has 0 unspecified atom stereocenters. The van der Waals surface area contributed by atoms with Gasteiger partial charge in [-0.05, 0) is 43.3 Å². The van der Waals surface area contributed by atoms with Gasteiger partial charge in [-0.1, -0.05) is 0 Å². The Balaban J connectivity index is 1.51. The van der Waals surface area contributed by atoms with Crippen LogP contribution in [0.1, 0.15) is 6.92 Å². The molecule has 2 N–H and O–H groups in total. The molecule has 0 amide bonds. The summed E-state index contributed by atoms with van der Waals surface area (Å²) in [7, 11) is -3.72. The van der Waals surface area contributed by atoms with Crippen LogP contribution >= 0.6 is 0 Å². The van der Waals surface area contributed by atoms with Crippen LogP contribution in [-0.2, 0) is 16.4 Å². The van der Waals surface area contributed by atoms with E-state index in [4.69, 9.17) is 0 Å². The van der Waals surface area contributed by atoms with Gasteiger partial charge in [-0.3, -0.25) is 9.36 Å². The van der Waals surface area contributed by atoms with Crippen molar-refractivity contribution in [2.24, 2.45) is 0 Å². The molecule has 1 aliphatic rings. The largest absolute Gasteiger partial charge is 0.367 e. The van der Waals surface area contributed by atoms with Crippen LogP contribution in [0, 0.1) is 11.6 Å². The number of nitrogens with zero attached hydrogens (tertiary/aromatic N) is 5. The topological polar surface area (TPSA) is 122 Å². The fourth-order valence-electron chi connectivity index (χ4n) is 4.38. The lowest BCUT2D eigenvalue weighted by atomic mass is 10.1. The van der Waals surface area contributed by atoms with Gasteiger partial charge in [0.2, 0.25) is 5.95 Å². The number of piperazine rings is 1. The van der Waals surface area contributed by atoms with E-state index in [1.807, 2.05) is 4.90 Å². The maximum absolute atomic E-state index is 14.8. The Labute approximate surface area is 217 Å². The van der Waals surface area contributed by atoms with E-state index in [0.29, 0.717) is 29.9 Å². The molecule has 0 bridgehead atoms. The van der Waals surface area contributed by atoms with Gasteiger partial charge in [-0.15, -0.1) is 0 Å². The lowest BCUT2D eigenvalue weighted by Gasteiger charge is -2.29. The number of aromatic nitrogens is 4. The number of sulfone groups is 1. The summed E-state index contributed by atoms with van der Waals surface area (Å²) in [5, 5.41) is 6.28. The van der Waals surface area contributed by atoms with Crippen molar-refractivity contribution in [1.82, 2.24) is 24.8 Å². The van der Waals surface area contributed by atoms with E-state index >= 15 is 0 Å². The lowest BCUT2D eigenvalue weighted by Crippen LogP contribution is -2.43. The number of hydrogen-bond acceptors (Lipinski definition) is 9. The quantitative estimate of drug-likeness (QED) is 0.379. The molecule has 1 aliphatic heterocycles. The number of aryl methyl sites for hydroxylation is 1. The number of fused-ring (bicyclic) bond motifs is 1. The Hall–Kier alpha value is -3.97. The highest BCUT2D eigenvalue weighted by Crippen LogP contribution is 2.26. The summed E-state index contributed by atoms with van der Waals surface area (Å²) < 4.78 is 54.7. The molecule has 1 aromatic carbocycles. The van der Waals surface area contributed by atoms with Gasteiger partial charge in [0.25, 0.3) is 5.56 Å². The minimum absolute atomic E-state index is 0.114. The highest BCUT2D eigenvalue weighted by atomic mass is 32.2. The van der Waals surface area contributed by atoms with Crippen LogP contribution in [0.4, 0.5) is 26.1 Å². The van der Waals surface area contributed by atoms with Crippen molar-refractivity contribution in [3.63, 3.8) is 0 Å². The molecule has 13 heteroatoms. The van der Waals surface area contributed by atoms with E-state index in [1.165, 1.54) is 22.9 Å². The van der Waals surface area contributed by atoms with E-state index in [-0.39, 0.29) is 40.2 Å². The maximum Gasteiger partial charge on any atom is 0.261 e. The monoisotopic (exact) mass is 541 g/mol. The molecule has 1 saturated heterocycles. The number of hydrogen-bond donors (Lipinski definition) is 2. The second-order valence-electron chi connectivity index (χ2n) is 8.86. The molecule has 0 aliphatic carbocycles. The van der Waals surface area contributed by atoms with E-state index in [2.05, 4.69) is 25.6 Å². The molecule has 10 nitrogen and oxygen atoms in total. The zero-order chi connectivity index (χ0) is 27.0. The Morgan fingerprint density at radius 2 is 1.82 bits per heavy atom. The third-order valence-corrected chi connectivity index (χ3v) is 7.25. The zero-order valence-electron chi connectivity index (χ0n) is 20.7. The zero-order valence-corrected chi connectivity index (χ0v) is 21.5. The summed E-state index contributed by atoms with van der Waals surface area (Å²) in [5.74, 6) is -1.06. The molecule has 1 fully saturated rings. The molecule has 198 valence electrons. The van der Waals surface area contributed by atoms with Gasteiger partial charge in [-0.2, -0.15) is 4.98 Å². The average molecular weight is 542 g/mol. The smallest absolute Gasteiger partial charge is 0.261 e. The molecule has 0 atom stereocenters. The predicted molar refractivity (Wildman–Crippen MR) is 141 cm³/mol. The van der Waals surface area contributed by atoms with Crippen molar-refractivity contribution in [2.45, 2.75) is 18.5 Å². The van der Waals surface area contributed by atoms with Gasteiger partial charge >= 0.3 is 0 Å². The Kier molecular flexibility index (Phi) is 6.80. The molecular weight excluding hydrogens is 516 g/mol. The van der Waals surface area contributed by atoms with Gasteiger partial charge in [0, 0.05) is 56.3 Å². The van der Waals surface area contributed by atoms with Crippen molar-refractivity contribution in [3.8, 4) is 11.3 Å². The van der Waals surface area contributed by atoms with Crippen molar-refractivity contribution < 1.29 is 17.2 Å². The number of pyridine rings is 2. The molecule has 0 spiro atoms.